The molecular weight excluding hydrogens is 572 g/mol. The maximum absolute atomic E-state index is 11.5. The molecule has 0 N–H and O–H groups in total. The molecule has 2 aliphatic heterocycles. The SMILES string of the molecule is CC(=O)O[C@@H]1[C@@H](OC(C)=O)[C@@H]2C[Se][Se][Se][Se][C@H](O2)[C@@H]1OC(C)=O. The molecule has 0 spiro atoms. The Labute approximate surface area is 154 Å². The van der Waals surface area contributed by atoms with Crippen LogP contribution in [-0.2, 0) is 33.3 Å². The van der Waals surface area contributed by atoms with E-state index in [0.29, 0.717) is 35.7 Å². The molecule has 2 heterocycles. The molecule has 2 fully saturated rings. The van der Waals surface area contributed by atoms with Crippen molar-refractivity contribution < 1.29 is 33.3 Å². The van der Waals surface area contributed by atoms with Crippen LogP contribution in [0.3, 0.4) is 0 Å². The first-order chi connectivity index (χ1) is 10.9. The Kier molecular flexibility index (Phi) is 7.93. The number of esters is 3. The molecule has 0 aromatic carbocycles. The van der Waals surface area contributed by atoms with Crippen LogP contribution in [0, 0.1) is 0 Å². The van der Waals surface area contributed by atoms with Gasteiger partial charge in [0.05, 0.1) is 0 Å². The molecule has 0 saturated carbocycles. The van der Waals surface area contributed by atoms with Gasteiger partial charge in [0.1, 0.15) is 0 Å². The van der Waals surface area contributed by atoms with Gasteiger partial charge < -0.3 is 0 Å². The average Bonchev–Trinajstić information content (AvgIpc) is 2.39. The summed E-state index contributed by atoms with van der Waals surface area (Å²) >= 11 is 1.85. The first-order valence-electron chi connectivity index (χ1n) is 6.67. The van der Waals surface area contributed by atoms with Gasteiger partial charge in [-0.15, -0.1) is 0 Å². The molecule has 2 bridgehead atoms. The minimum absolute atomic E-state index is 0.202. The van der Waals surface area contributed by atoms with Crippen LogP contribution in [0.15, 0.2) is 0 Å². The molecule has 0 aromatic rings. The number of rotatable bonds is 3. The molecule has 0 aromatic heterocycles. The molecule has 5 atom stereocenters. The Morgan fingerprint density at radius 3 is 2.04 bits per heavy atom. The summed E-state index contributed by atoms with van der Waals surface area (Å²) in [7, 11) is 0. The van der Waals surface area contributed by atoms with Crippen LogP contribution < -0.4 is 0 Å². The first-order valence-corrected chi connectivity index (χ1v) is 21.9. The number of carbonyl (C=O) groups excluding carboxylic acids is 3. The van der Waals surface area contributed by atoms with E-state index in [9.17, 15) is 14.4 Å². The molecule has 2 saturated heterocycles. The van der Waals surface area contributed by atoms with Gasteiger partial charge in [-0.3, -0.25) is 0 Å². The first kappa shape index (κ1) is 19.8. The predicted octanol–water partition coefficient (Wildman–Crippen LogP) is -1.50. The molecule has 0 amide bonds. The van der Waals surface area contributed by atoms with E-state index in [1.165, 1.54) is 20.8 Å². The zero-order valence-electron chi connectivity index (χ0n) is 12.6. The summed E-state index contributed by atoms with van der Waals surface area (Å²) in [5.74, 6) is -1.42. The van der Waals surface area contributed by atoms with Crippen LogP contribution in [0.2, 0.25) is 5.32 Å². The fraction of sp³-hybridized carbons (Fsp3) is 0.750. The third-order valence-corrected chi connectivity index (χ3v) is 41.1. The summed E-state index contributed by atoms with van der Waals surface area (Å²) in [4.78, 5) is 34.5. The van der Waals surface area contributed by atoms with Gasteiger partial charge in [-0.25, -0.2) is 0 Å². The molecule has 11 heteroatoms. The summed E-state index contributed by atoms with van der Waals surface area (Å²) in [6, 6.07) is 0. The molecule has 2 aliphatic rings. The van der Waals surface area contributed by atoms with Crippen molar-refractivity contribution >= 4 is 66.8 Å². The van der Waals surface area contributed by atoms with E-state index >= 15 is 0 Å². The molecular formula is C12H16O7Se4. The van der Waals surface area contributed by atoms with Crippen LogP contribution in [0.5, 0.6) is 0 Å². The van der Waals surface area contributed by atoms with E-state index in [2.05, 4.69) is 0 Å². The Morgan fingerprint density at radius 2 is 1.43 bits per heavy atom. The minimum atomic E-state index is -0.803. The second kappa shape index (κ2) is 9.23. The van der Waals surface area contributed by atoms with Gasteiger partial charge >= 0.3 is 156 Å². The van der Waals surface area contributed by atoms with Crippen molar-refractivity contribution in [3.8, 4) is 0 Å². The third kappa shape index (κ3) is 5.74. The second-order valence-corrected chi connectivity index (χ2v) is 31.0. The van der Waals surface area contributed by atoms with Gasteiger partial charge in [0.25, 0.3) is 0 Å². The van der Waals surface area contributed by atoms with E-state index in [-0.39, 0.29) is 24.2 Å². The summed E-state index contributed by atoms with van der Waals surface area (Å²) in [6.45, 7) is 3.91. The molecule has 0 aliphatic carbocycles. The topological polar surface area (TPSA) is 88.1 Å². The van der Waals surface area contributed by atoms with Gasteiger partial charge in [0.2, 0.25) is 0 Å². The molecule has 130 valence electrons. The quantitative estimate of drug-likeness (QED) is 0.226. The molecule has 7 nitrogen and oxygen atoms in total. The Balaban J connectivity index is 2.32. The molecule has 0 radical (unpaired) electrons. The Hall–Kier alpha value is 0.448. The fourth-order valence-corrected chi connectivity index (χ4v) is 42.5. The summed E-state index contributed by atoms with van der Waals surface area (Å²) in [5.41, 5.74) is 0. The standard InChI is InChI=1S/C12H16O7Se4/c1-5(13)16-9-8-4-20-22-23-21-12(19-8)11(18-7(3)15)10(9)17-6(2)14/h8-12H,4H2,1-3H3/t8-,9-,10+,11+,12-/m0/s1. The van der Waals surface area contributed by atoms with Gasteiger partial charge in [-0.05, 0) is 0 Å². The molecule has 23 heavy (non-hydrogen) atoms. The van der Waals surface area contributed by atoms with Gasteiger partial charge in [-0.2, -0.15) is 0 Å². The number of ether oxygens (including phenoxy) is 4. The van der Waals surface area contributed by atoms with Crippen LogP contribution in [0.4, 0.5) is 0 Å². The summed E-state index contributed by atoms with van der Waals surface area (Å²) in [6.07, 6.45) is -2.53. The van der Waals surface area contributed by atoms with Crippen LogP contribution in [0.1, 0.15) is 20.8 Å². The van der Waals surface area contributed by atoms with E-state index in [1.54, 1.807) is 0 Å². The second-order valence-electron chi connectivity index (χ2n) is 4.78. The van der Waals surface area contributed by atoms with Crippen LogP contribution >= 0.6 is 0 Å². The van der Waals surface area contributed by atoms with Crippen LogP contribution in [0.25, 0.3) is 0 Å². The van der Waals surface area contributed by atoms with Crippen molar-refractivity contribution in [2.75, 3.05) is 0 Å². The van der Waals surface area contributed by atoms with E-state index in [0.717, 1.165) is 5.32 Å². The summed E-state index contributed by atoms with van der Waals surface area (Å²) in [5, 5.41) is 0.578. The Morgan fingerprint density at radius 1 is 0.870 bits per heavy atom. The van der Waals surface area contributed by atoms with Gasteiger partial charge in [0.15, 0.2) is 0 Å². The number of fused-ring (bicyclic) bond motifs is 2. The van der Waals surface area contributed by atoms with Crippen molar-refractivity contribution in [3.63, 3.8) is 0 Å². The van der Waals surface area contributed by atoms with Crippen molar-refractivity contribution in [1.29, 1.82) is 0 Å². The normalized spacial score (nSPS) is 33.8. The van der Waals surface area contributed by atoms with Crippen molar-refractivity contribution in [3.05, 3.63) is 0 Å². The fourth-order valence-electron chi connectivity index (χ4n) is 2.24. The van der Waals surface area contributed by atoms with E-state index < -0.39 is 36.2 Å². The van der Waals surface area contributed by atoms with Gasteiger partial charge in [-0.1, -0.05) is 0 Å². The maximum atomic E-state index is 11.5. The van der Waals surface area contributed by atoms with Crippen LogP contribution in [-0.4, -0.2) is 96.2 Å². The van der Waals surface area contributed by atoms with Gasteiger partial charge in [0, 0.05) is 0 Å². The van der Waals surface area contributed by atoms with E-state index in [1.807, 2.05) is 0 Å². The zero-order valence-corrected chi connectivity index (χ0v) is 19.4. The Bertz CT molecular complexity index is 442. The number of hydrogen-bond acceptors (Lipinski definition) is 7. The van der Waals surface area contributed by atoms with Crippen molar-refractivity contribution in [2.24, 2.45) is 0 Å². The predicted molar refractivity (Wildman–Crippen MR) is 83.1 cm³/mol. The van der Waals surface area contributed by atoms with Crippen molar-refractivity contribution in [1.82, 2.24) is 0 Å². The average molecular weight is 588 g/mol. The third-order valence-electron chi connectivity index (χ3n) is 2.94. The number of hydrogen-bond donors (Lipinski definition) is 0. The summed E-state index contributed by atoms with van der Waals surface area (Å²) < 4.78 is 22.3. The number of carbonyl (C=O) groups is 3. The molecule has 0 unspecified atom stereocenters. The van der Waals surface area contributed by atoms with E-state index in [4.69, 9.17) is 18.9 Å². The van der Waals surface area contributed by atoms with Crippen molar-refractivity contribution in [2.45, 2.75) is 55.5 Å². The molecule has 2 rings (SSSR count). The monoisotopic (exact) mass is 592 g/mol. The zero-order chi connectivity index (χ0) is 17.0.